The van der Waals surface area contributed by atoms with Crippen LogP contribution in [0, 0.1) is 5.92 Å². The van der Waals surface area contributed by atoms with Crippen LogP contribution in [0.4, 0.5) is 0 Å². The Morgan fingerprint density at radius 2 is 2.00 bits per heavy atom. The number of ether oxygens (including phenoxy) is 1. The summed E-state index contributed by atoms with van der Waals surface area (Å²) in [4.78, 5) is 12.1. The minimum absolute atomic E-state index is 0.0246. The summed E-state index contributed by atoms with van der Waals surface area (Å²) in [6.45, 7) is 0.846. The van der Waals surface area contributed by atoms with Crippen molar-refractivity contribution in [2.45, 2.75) is 63.5 Å². The van der Waals surface area contributed by atoms with Crippen molar-refractivity contribution < 1.29 is 14.6 Å². The molecule has 1 saturated carbocycles. The van der Waals surface area contributed by atoms with Crippen LogP contribution >= 0.6 is 0 Å². The van der Waals surface area contributed by atoms with Crippen LogP contribution in [0.25, 0.3) is 0 Å². The second-order valence-corrected chi connectivity index (χ2v) is 5.53. The molecule has 2 atom stereocenters. The number of hydrogen-bond donors (Lipinski definition) is 2. The topological polar surface area (TPSA) is 58.6 Å². The number of nitrogens with one attached hydrogen (secondary N) is 1. The Morgan fingerprint density at radius 1 is 1.22 bits per heavy atom. The van der Waals surface area contributed by atoms with Gasteiger partial charge in [-0.25, -0.2) is 0 Å². The molecule has 104 valence electrons. The smallest absolute Gasteiger partial charge is 0.249 e. The van der Waals surface area contributed by atoms with E-state index in [-0.39, 0.29) is 24.7 Å². The van der Waals surface area contributed by atoms with Gasteiger partial charge in [-0.05, 0) is 38.0 Å². The van der Waals surface area contributed by atoms with Crippen LogP contribution in [0.2, 0.25) is 0 Å². The van der Waals surface area contributed by atoms with Crippen molar-refractivity contribution in [3.05, 3.63) is 0 Å². The van der Waals surface area contributed by atoms with Gasteiger partial charge < -0.3 is 15.2 Å². The Bertz CT molecular complexity index is 258. The third-order valence-electron chi connectivity index (χ3n) is 4.21. The molecule has 2 rings (SSSR count). The lowest BCUT2D eigenvalue weighted by Gasteiger charge is -2.31. The fraction of sp³-hybridized carbons (Fsp3) is 0.929. The van der Waals surface area contributed by atoms with Crippen molar-refractivity contribution in [3.63, 3.8) is 0 Å². The lowest BCUT2D eigenvalue weighted by atomic mass is 9.82. The highest BCUT2D eigenvalue weighted by Gasteiger charge is 2.29. The largest absolute Gasteiger partial charge is 0.396 e. The first-order valence-corrected chi connectivity index (χ1v) is 7.34. The summed E-state index contributed by atoms with van der Waals surface area (Å²) in [5.74, 6) is 0.563. The minimum Gasteiger partial charge on any atom is -0.396 e. The van der Waals surface area contributed by atoms with E-state index in [1.807, 2.05) is 0 Å². The normalized spacial score (nSPS) is 27.1. The zero-order chi connectivity index (χ0) is 12.8. The predicted octanol–water partition coefficient (Wildman–Crippen LogP) is 1.61. The molecule has 1 aliphatic carbocycles. The van der Waals surface area contributed by atoms with Crippen molar-refractivity contribution in [3.8, 4) is 0 Å². The van der Waals surface area contributed by atoms with Crippen LogP contribution in [0.3, 0.4) is 0 Å². The molecule has 2 fully saturated rings. The monoisotopic (exact) mass is 255 g/mol. The molecular formula is C14H25NO3. The molecule has 4 nitrogen and oxygen atoms in total. The molecule has 4 heteroatoms. The molecule has 0 radical (unpaired) electrons. The molecule has 2 N–H and O–H groups in total. The number of amides is 1. The molecule has 2 unspecified atom stereocenters. The lowest BCUT2D eigenvalue weighted by molar-refractivity contribution is -0.131. The van der Waals surface area contributed by atoms with Gasteiger partial charge in [0.1, 0.15) is 6.10 Å². The predicted molar refractivity (Wildman–Crippen MR) is 69.2 cm³/mol. The van der Waals surface area contributed by atoms with E-state index in [9.17, 15) is 4.79 Å². The maximum atomic E-state index is 12.1. The quantitative estimate of drug-likeness (QED) is 0.784. The van der Waals surface area contributed by atoms with Gasteiger partial charge in [0.2, 0.25) is 5.91 Å². The molecule has 1 aliphatic heterocycles. The third-order valence-corrected chi connectivity index (χ3v) is 4.21. The van der Waals surface area contributed by atoms with Crippen LogP contribution in [0.1, 0.15) is 51.4 Å². The molecular weight excluding hydrogens is 230 g/mol. The van der Waals surface area contributed by atoms with E-state index in [4.69, 9.17) is 9.84 Å². The van der Waals surface area contributed by atoms with Crippen molar-refractivity contribution in [2.75, 3.05) is 13.2 Å². The maximum Gasteiger partial charge on any atom is 0.249 e. The SMILES string of the molecule is O=C(NC(CCO)C1CCCCC1)C1CCCO1. The fourth-order valence-electron chi connectivity index (χ4n) is 3.16. The molecule has 2 aliphatic rings. The number of carbonyl (C=O) groups excluding carboxylic acids is 1. The minimum atomic E-state index is -0.255. The van der Waals surface area contributed by atoms with Gasteiger partial charge in [-0.1, -0.05) is 19.3 Å². The van der Waals surface area contributed by atoms with Crippen molar-refractivity contribution >= 4 is 5.91 Å². The Morgan fingerprint density at radius 3 is 2.61 bits per heavy atom. The molecule has 0 spiro atoms. The third kappa shape index (κ3) is 3.69. The van der Waals surface area contributed by atoms with Crippen LogP contribution in [0.15, 0.2) is 0 Å². The molecule has 1 heterocycles. The van der Waals surface area contributed by atoms with E-state index >= 15 is 0 Å². The zero-order valence-corrected chi connectivity index (χ0v) is 11.1. The van der Waals surface area contributed by atoms with Crippen molar-refractivity contribution in [1.82, 2.24) is 5.32 Å². The molecule has 18 heavy (non-hydrogen) atoms. The molecule has 1 amide bonds. The number of aliphatic hydroxyl groups is 1. The first-order chi connectivity index (χ1) is 8.81. The van der Waals surface area contributed by atoms with Gasteiger partial charge in [-0.2, -0.15) is 0 Å². The summed E-state index contributed by atoms with van der Waals surface area (Å²) >= 11 is 0. The van der Waals surface area contributed by atoms with Gasteiger partial charge in [0.15, 0.2) is 0 Å². The summed E-state index contributed by atoms with van der Waals surface area (Å²) in [6.07, 6.45) is 8.40. The standard InChI is InChI=1S/C14H25NO3/c16-9-8-12(11-5-2-1-3-6-11)15-14(17)13-7-4-10-18-13/h11-13,16H,1-10H2,(H,15,17). The van der Waals surface area contributed by atoms with E-state index in [2.05, 4.69) is 5.32 Å². The van der Waals surface area contributed by atoms with Crippen molar-refractivity contribution in [1.29, 1.82) is 0 Å². The fourth-order valence-corrected chi connectivity index (χ4v) is 3.16. The Hall–Kier alpha value is -0.610. The molecule has 0 aromatic rings. The lowest BCUT2D eigenvalue weighted by Crippen LogP contribution is -2.45. The second kappa shape index (κ2) is 7.10. The number of aliphatic hydroxyl groups excluding tert-OH is 1. The van der Waals surface area contributed by atoms with Gasteiger partial charge in [-0.3, -0.25) is 4.79 Å². The van der Waals surface area contributed by atoms with Crippen LogP contribution in [-0.4, -0.2) is 36.4 Å². The van der Waals surface area contributed by atoms with Gasteiger partial charge in [-0.15, -0.1) is 0 Å². The van der Waals surface area contributed by atoms with Gasteiger partial charge in [0, 0.05) is 19.3 Å². The Labute approximate surface area is 109 Å². The molecule has 1 saturated heterocycles. The highest BCUT2D eigenvalue weighted by atomic mass is 16.5. The van der Waals surface area contributed by atoms with Crippen LogP contribution in [0.5, 0.6) is 0 Å². The summed E-state index contributed by atoms with van der Waals surface area (Å²) in [7, 11) is 0. The first-order valence-electron chi connectivity index (χ1n) is 7.34. The van der Waals surface area contributed by atoms with Gasteiger partial charge in [0.05, 0.1) is 0 Å². The van der Waals surface area contributed by atoms with Crippen molar-refractivity contribution in [2.24, 2.45) is 5.92 Å². The summed E-state index contributed by atoms with van der Waals surface area (Å²) in [6, 6.07) is 0.131. The zero-order valence-electron chi connectivity index (χ0n) is 11.1. The van der Waals surface area contributed by atoms with Gasteiger partial charge in [0.25, 0.3) is 0 Å². The Balaban J connectivity index is 1.85. The van der Waals surface area contributed by atoms with Crippen LogP contribution in [-0.2, 0) is 9.53 Å². The summed E-state index contributed by atoms with van der Waals surface area (Å²) in [5, 5.41) is 12.3. The Kier molecular flexibility index (Phi) is 5.45. The van der Waals surface area contributed by atoms with Crippen LogP contribution < -0.4 is 5.32 Å². The average molecular weight is 255 g/mol. The molecule has 0 aromatic carbocycles. The maximum absolute atomic E-state index is 12.1. The van der Waals surface area contributed by atoms with Gasteiger partial charge >= 0.3 is 0 Å². The highest BCUT2D eigenvalue weighted by molar-refractivity contribution is 5.81. The number of carbonyl (C=O) groups is 1. The molecule has 0 bridgehead atoms. The van der Waals surface area contributed by atoms with E-state index in [1.54, 1.807) is 0 Å². The molecule has 0 aromatic heterocycles. The number of rotatable bonds is 5. The highest BCUT2D eigenvalue weighted by Crippen LogP contribution is 2.28. The number of hydrogen-bond acceptors (Lipinski definition) is 3. The van der Waals surface area contributed by atoms with E-state index < -0.39 is 0 Å². The summed E-state index contributed by atoms with van der Waals surface area (Å²) in [5.41, 5.74) is 0. The van der Waals surface area contributed by atoms with E-state index in [0.717, 1.165) is 12.8 Å². The first kappa shape index (κ1) is 13.8. The second-order valence-electron chi connectivity index (χ2n) is 5.53. The van der Waals surface area contributed by atoms with E-state index in [1.165, 1.54) is 32.1 Å². The van der Waals surface area contributed by atoms with E-state index in [0.29, 0.717) is 18.9 Å². The average Bonchev–Trinajstić information content (AvgIpc) is 2.93. The summed E-state index contributed by atoms with van der Waals surface area (Å²) < 4.78 is 5.41.